The number of hydrogen-bond donors (Lipinski definition) is 1. The van der Waals surface area contributed by atoms with E-state index in [1.54, 1.807) is 11.6 Å². The highest BCUT2D eigenvalue weighted by atomic mass is 32.2. The normalized spacial score (nSPS) is 11.9. The molecule has 2 N–H and O–H groups in total. The third-order valence-corrected chi connectivity index (χ3v) is 3.10. The van der Waals surface area contributed by atoms with Gasteiger partial charge in [-0.05, 0) is 13.3 Å². The van der Waals surface area contributed by atoms with E-state index in [0.717, 1.165) is 19.4 Å². The lowest BCUT2D eigenvalue weighted by molar-refractivity contribution is 0.556. The highest BCUT2D eigenvalue weighted by Gasteiger charge is 2.15. The zero-order valence-corrected chi connectivity index (χ0v) is 9.21. The van der Waals surface area contributed by atoms with E-state index in [9.17, 15) is 8.42 Å². The standard InChI is InChI=1S/C8H15N3O2S/c1-3-4-5-11-7(2)8(6-10-11)14(9,12)13/h6H,3-5H2,1-2H3,(H2,9,12,13). The van der Waals surface area contributed by atoms with Crippen LogP contribution in [0, 0.1) is 6.92 Å². The van der Waals surface area contributed by atoms with Gasteiger partial charge in [-0.1, -0.05) is 13.3 Å². The summed E-state index contributed by atoms with van der Waals surface area (Å²) in [6, 6.07) is 0. The summed E-state index contributed by atoms with van der Waals surface area (Å²) < 4.78 is 23.8. The van der Waals surface area contributed by atoms with Crippen molar-refractivity contribution in [3.63, 3.8) is 0 Å². The minimum atomic E-state index is -3.62. The molecule has 0 atom stereocenters. The highest BCUT2D eigenvalue weighted by molar-refractivity contribution is 7.89. The Bertz CT molecular complexity index is 408. The van der Waals surface area contributed by atoms with E-state index in [1.807, 2.05) is 0 Å². The van der Waals surface area contributed by atoms with Gasteiger partial charge in [-0.3, -0.25) is 4.68 Å². The van der Waals surface area contributed by atoms with Crippen LogP contribution in [0.3, 0.4) is 0 Å². The number of aryl methyl sites for hydroxylation is 1. The van der Waals surface area contributed by atoms with Gasteiger partial charge in [0.15, 0.2) is 0 Å². The molecule has 14 heavy (non-hydrogen) atoms. The number of unbranched alkanes of at least 4 members (excludes halogenated alkanes) is 1. The van der Waals surface area contributed by atoms with Crippen LogP contribution in [0.1, 0.15) is 25.5 Å². The molecule has 0 unspecified atom stereocenters. The lowest BCUT2D eigenvalue weighted by atomic mass is 10.3. The summed E-state index contributed by atoms with van der Waals surface area (Å²) in [7, 11) is -3.62. The summed E-state index contributed by atoms with van der Waals surface area (Å²) >= 11 is 0. The first-order valence-corrected chi connectivity index (χ1v) is 6.06. The number of nitrogens with two attached hydrogens (primary N) is 1. The summed E-state index contributed by atoms with van der Waals surface area (Å²) in [5.41, 5.74) is 0.612. The van der Waals surface area contributed by atoms with Crippen molar-refractivity contribution >= 4 is 10.0 Å². The first-order valence-electron chi connectivity index (χ1n) is 4.52. The summed E-state index contributed by atoms with van der Waals surface area (Å²) in [5.74, 6) is 0. The highest BCUT2D eigenvalue weighted by Crippen LogP contribution is 2.12. The van der Waals surface area contributed by atoms with Crippen molar-refractivity contribution in [1.82, 2.24) is 9.78 Å². The second-order valence-electron chi connectivity index (χ2n) is 3.22. The average molecular weight is 217 g/mol. The summed E-state index contributed by atoms with van der Waals surface area (Å²) in [4.78, 5) is 0.119. The van der Waals surface area contributed by atoms with Crippen molar-refractivity contribution in [1.29, 1.82) is 0 Å². The van der Waals surface area contributed by atoms with E-state index in [0.29, 0.717) is 5.69 Å². The predicted octanol–water partition coefficient (Wildman–Crippen LogP) is 0.639. The molecule has 1 aromatic heterocycles. The van der Waals surface area contributed by atoms with Crippen LogP contribution < -0.4 is 5.14 Å². The van der Waals surface area contributed by atoms with Gasteiger partial charge >= 0.3 is 0 Å². The fourth-order valence-electron chi connectivity index (χ4n) is 1.24. The molecule has 0 aromatic carbocycles. The molecule has 0 radical (unpaired) electrons. The van der Waals surface area contributed by atoms with Gasteiger partial charge in [-0.25, -0.2) is 13.6 Å². The van der Waals surface area contributed by atoms with E-state index in [4.69, 9.17) is 5.14 Å². The van der Waals surface area contributed by atoms with Crippen LogP contribution >= 0.6 is 0 Å². The molecule has 0 saturated heterocycles. The second-order valence-corrected chi connectivity index (χ2v) is 4.75. The molecule has 0 aliphatic rings. The Hall–Kier alpha value is -0.880. The fourth-order valence-corrected chi connectivity index (χ4v) is 1.95. The van der Waals surface area contributed by atoms with Crippen molar-refractivity contribution in [2.24, 2.45) is 5.14 Å². The molecule has 6 heteroatoms. The van der Waals surface area contributed by atoms with Crippen LogP contribution in [0.25, 0.3) is 0 Å². The third kappa shape index (κ3) is 2.33. The smallest absolute Gasteiger partial charge is 0.241 e. The molecular formula is C8H15N3O2S. The van der Waals surface area contributed by atoms with Crippen molar-refractivity contribution < 1.29 is 8.42 Å². The average Bonchev–Trinajstić information content (AvgIpc) is 2.42. The summed E-state index contributed by atoms with van der Waals surface area (Å²) in [6.07, 6.45) is 3.33. The van der Waals surface area contributed by atoms with Gasteiger partial charge in [0.25, 0.3) is 0 Å². The molecule has 5 nitrogen and oxygen atoms in total. The number of sulfonamides is 1. The zero-order valence-electron chi connectivity index (χ0n) is 8.40. The van der Waals surface area contributed by atoms with Gasteiger partial charge < -0.3 is 0 Å². The molecule has 1 aromatic rings. The van der Waals surface area contributed by atoms with Crippen LogP contribution in [0.15, 0.2) is 11.1 Å². The van der Waals surface area contributed by atoms with Crippen molar-refractivity contribution in [3.8, 4) is 0 Å². The Morgan fingerprint density at radius 2 is 2.21 bits per heavy atom. The first kappa shape index (κ1) is 11.2. The maximum atomic E-state index is 11.1. The van der Waals surface area contributed by atoms with Gasteiger partial charge in [0.05, 0.1) is 11.9 Å². The number of nitrogens with zero attached hydrogens (tertiary/aromatic N) is 2. The maximum Gasteiger partial charge on any atom is 0.241 e. The van der Waals surface area contributed by atoms with E-state index in [-0.39, 0.29) is 4.90 Å². The van der Waals surface area contributed by atoms with Crippen LogP contribution in [0.2, 0.25) is 0 Å². The summed E-state index contributed by atoms with van der Waals surface area (Å²) in [6.45, 7) is 4.51. The van der Waals surface area contributed by atoms with Gasteiger partial charge in [0, 0.05) is 6.54 Å². The molecule has 0 fully saturated rings. The Kier molecular flexibility index (Phi) is 3.28. The van der Waals surface area contributed by atoms with Crippen molar-refractivity contribution in [2.75, 3.05) is 0 Å². The Labute approximate surface area is 84.0 Å². The number of primary sulfonamides is 1. The largest absolute Gasteiger partial charge is 0.268 e. The topological polar surface area (TPSA) is 78.0 Å². The van der Waals surface area contributed by atoms with Crippen LogP contribution in [-0.2, 0) is 16.6 Å². The summed E-state index contributed by atoms with van der Waals surface area (Å²) in [5, 5.41) is 9.00. The fraction of sp³-hybridized carbons (Fsp3) is 0.625. The monoisotopic (exact) mass is 217 g/mol. The molecular weight excluding hydrogens is 202 g/mol. The molecule has 0 aliphatic carbocycles. The molecule has 80 valence electrons. The van der Waals surface area contributed by atoms with Crippen molar-refractivity contribution in [2.45, 2.75) is 38.1 Å². The predicted molar refractivity (Wildman–Crippen MR) is 53.2 cm³/mol. The number of rotatable bonds is 4. The SMILES string of the molecule is CCCCn1ncc(S(N)(=O)=O)c1C. The van der Waals surface area contributed by atoms with E-state index < -0.39 is 10.0 Å². The second kappa shape index (κ2) is 4.10. The van der Waals surface area contributed by atoms with E-state index in [1.165, 1.54) is 6.20 Å². The van der Waals surface area contributed by atoms with Crippen LogP contribution in [0.5, 0.6) is 0 Å². The van der Waals surface area contributed by atoms with Crippen molar-refractivity contribution in [3.05, 3.63) is 11.9 Å². The van der Waals surface area contributed by atoms with Gasteiger partial charge in [-0.2, -0.15) is 5.10 Å². The number of aromatic nitrogens is 2. The van der Waals surface area contributed by atoms with E-state index in [2.05, 4.69) is 12.0 Å². The first-order chi connectivity index (χ1) is 6.46. The number of hydrogen-bond acceptors (Lipinski definition) is 3. The molecule has 0 aliphatic heterocycles. The van der Waals surface area contributed by atoms with Gasteiger partial charge in [-0.15, -0.1) is 0 Å². The Morgan fingerprint density at radius 1 is 1.57 bits per heavy atom. The molecule has 0 bridgehead atoms. The lowest BCUT2D eigenvalue weighted by Crippen LogP contribution is -2.13. The minimum Gasteiger partial charge on any atom is -0.268 e. The molecule has 0 saturated carbocycles. The van der Waals surface area contributed by atoms with Crippen LogP contribution in [-0.4, -0.2) is 18.2 Å². The van der Waals surface area contributed by atoms with Gasteiger partial charge in [0.1, 0.15) is 4.90 Å². The van der Waals surface area contributed by atoms with E-state index >= 15 is 0 Å². The minimum absolute atomic E-state index is 0.119. The molecule has 0 amide bonds. The lowest BCUT2D eigenvalue weighted by Gasteiger charge is -2.02. The maximum absolute atomic E-state index is 11.1. The van der Waals surface area contributed by atoms with Crippen LogP contribution in [0.4, 0.5) is 0 Å². The molecule has 1 heterocycles. The molecule has 1 rings (SSSR count). The van der Waals surface area contributed by atoms with Gasteiger partial charge in [0.2, 0.25) is 10.0 Å². The zero-order chi connectivity index (χ0) is 10.8. The third-order valence-electron chi connectivity index (χ3n) is 2.09. The quantitative estimate of drug-likeness (QED) is 0.803. The Morgan fingerprint density at radius 3 is 2.64 bits per heavy atom. The Balaban J connectivity index is 2.97. The molecule has 0 spiro atoms.